The number of nitrogens with zero attached hydrogens (tertiary/aromatic N) is 2. The van der Waals surface area contributed by atoms with Gasteiger partial charge in [0.25, 0.3) is 0 Å². The first-order valence-electron chi connectivity index (χ1n) is 7.57. The molecule has 146 valence electrons. The van der Waals surface area contributed by atoms with Gasteiger partial charge >= 0.3 is 6.18 Å². The van der Waals surface area contributed by atoms with Gasteiger partial charge in [-0.1, -0.05) is 23.7 Å². The van der Waals surface area contributed by atoms with E-state index < -0.39 is 33.9 Å². The smallest absolute Gasteiger partial charge is 0.286 e. The largest absolute Gasteiger partial charge is 0.451 e. The fourth-order valence-electron chi connectivity index (χ4n) is 2.45. The number of nitrogens with one attached hydrogen (secondary N) is 1. The van der Waals surface area contributed by atoms with Gasteiger partial charge < -0.3 is 0 Å². The summed E-state index contributed by atoms with van der Waals surface area (Å²) in [6.07, 6.45) is -4.83. The van der Waals surface area contributed by atoms with Gasteiger partial charge in [0.05, 0.1) is 5.69 Å². The monoisotopic (exact) mass is 431 g/mol. The third-order valence-electron chi connectivity index (χ3n) is 3.63. The SMILES string of the molecule is O=[SH](=O)Nc1ccc(-c2c(Cl)nc(C(F)(F)F)nc2-c2ccc(F)cc2)cc1. The van der Waals surface area contributed by atoms with Crippen molar-refractivity contribution in [1.82, 2.24) is 9.97 Å². The van der Waals surface area contributed by atoms with Crippen molar-refractivity contribution < 1.29 is 26.0 Å². The molecule has 11 heteroatoms. The van der Waals surface area contributed by atoms with Crippen molar-refractivity contribution in [1.29, 1.82) is 0 Å². The van der Waals surface area contributed by atoms with E-state index in [0.717, 1.165) is 12.1 Å². The van der Waals surface area contributed by atoms with E-state index >= 15 is 0 Å². The quantitative estimate of drug-likeness (QED) is 0.361. The van der Waals surface area contributed by atoms with Crippen molar-refractivity contribution in [2.75, 3.05) is 4.72 Å². The summed E-state index contributed by atoms with van der Waals surface area (Å²) in [7, 11) is -2.87. The maximum Gasteiger partial charge on any atom is 0.451 e. The molecule has 0 radical (unpaired) electrons. The number of benzene rings is 2. The van der Waals surface area contributed by atoms with E-state index in [-0.39, 0.29) is 22.5 Å². The fourth-order valence-corrected chi connectivity index (χ4v) is 3.09. The maximum atomic E-state index is 13.2. The van der Waals surface area contributed by atoms with Gasteiger partial charge in [-0.05, 0) is 42.0 Å². The number of rotatable bonds is 4. The van der Waals surface area contributed by atoms with Crippen LogP contribution in [-0.2, 0) is 17.1 Å². The molecule has 0 bridgehead atoms. The lowest BCUT2D eigenvalue weighted by atomic mass is 10.0. The molecular formula is C17H10ClF4N3O2S. The van der Waals surface area contributed by atoms with Crippen LogP contribution in [0, 0.1) is 5.82 Å². The number of hydrogen-bond acceptors (Lipinski definition) is 4. The first-order valence-corrected chi connectivity index (χ1v) is 9.13. The molecule has 3 aromatic rings. The van der Waals surface area contributed by atoms with Crippen molar-refractivity contribution >= 4 is 28.2 Å². The summed E-state index contributed by atoms with van der Waals surface area (Å²) in [6, 6.07) is 10.4. The molecule has 1 heterocycles. The van der Waals surface area contributed by atoms with Gasteiger partial charge in [0.2, 0.25) is 16.7 Å². The zero-order valence-corrected chi connectivity index (χ0v) is 15.3. The lowest BCUT2D eigenvalue weighted by Crippen LogP contribution is -2.12. The molecule has 2 aromatic carbocycles. The number of thiol groups is 1. The van der Waals surface area contributed by atoms with Gasteiger partial charge in [0.1, 0.15) is 11.0 Å². The van der Waals surface area contributed by atoms with Crippen molar-refractivity contribution in [3.63, 3.8) is 0 Å². The maximum absolute atomic E-state index is 13.2. The van der Waals surface area contributed by atoms with Crippen LogP contribution in [-0.4, -0.2) is 18.4 Å². The number of aromatic nitrogens is 2. The normalized spacial score (nSPS) is 11.6. The Hall–Kier alpha value is -2.72. The number of anilines is 1. The predicted molar refractivity (Wildman–Crippen MR) is 96.8 cm³/mol. The summed E-state index contributed by atoms with van der Waals surface area (Å²) >= 11 is 6.04. The number of alkyl halides is 3. The summed E-state index contributed by atoms with van der Waals surface area (Å²) in [4.78, 5) is 6.93. The van der Waals surface area contributed by atoms with Gasteiger partial charge in [-0.25, -0.2) is 22.8 Å². The molecule has 1 aromatic heterocycles. The van der Waals surface area contributed by atoms with E-state index in [0.29, 0.717) is 5.56 Å². The second kappa shape index (κ2) is 7.72. The van der Waals surface area contributed by atoms with Gasteiger partial charge in [-0.15, -0.1) is 0 Å². The molecule has 0 unspecified atom stereocenters. The van der Waals surface area contributed by atoms with Crippen molar-refractivity contribution in [3.05, 3.63) is 65.3 Å². The van der Waals surface area contributed by atoms with Crippen LogP contribution < -0.4 is 4.72 Å². The summed E-state index contributed by atoms with van der Waals surface area (Å²) in [6.45, 7) is 0. The third kappa shape index (κ3) is 4.39. The Labute approximate surface area is 163 Å². The zero-order valence-electron chi connectivity index (χ0n) is 13.7. The summed E-state index contributed by atoms with van der Waals surface area (Å²) in [5.41, 5.74) is 0.773. The van der Waals surface area contributed by atoms with E-state index in [4.69, 9.17) is 11.6 Å². The van der Waals surface area contributed by atoms with Crippen molar-refractivity contribution in [2.45, 2.75) is 6.18 Å². The molecule has 0 aliphatic carbocycles. The Bertz CT molecular complexity index is 1080. The summed E-state index contributed by atoms with van der Waals surface area (Å²) < 4.78 is 76.2. The van der Waals surface area contributed by atoms with Gasteiger partial charge in [-0.3, -0.25) is 4.72 Å². The van der Waals surface area contributed by atoms with Gasteiger partial charge in [0.15, 0.2) is 0 Å². The third-order valence-corrected chi connectivity index (χ3v) is 4.34. The zero-order chi connectivity index (χ0) is 20.5. The molecule has 1 N–H and O–H groups in total. The lowest BCUT2D eigenvalue weighted by Gasteiger charge is -2.14. The van der Waals surface area contributed by atoms with Crippen LogP contribution in [0.1, 0.15) is 5.82 Å². The van der Waals surface area contributed by atoms with Crippen LogP contribution in [0.3, 0.4) is 0 Å². The van der Waals surface area contributed by atoms with E-state index in [1.54, 1.807) is 0 Å². The first-order chi connectivity index (χ1) is 13.1. The average Bonchev–Trinajstić information content (AvgIpc) is 2.61. The van der Waals surface area contributed by atoms with Crippen LogP contribution in [0.15, 0.2) is 48.5 Å². The molecule has 0 spiro atoms. The second-order valence-corrected chi connectivity index (χ2v) is 6.61. The molecule has 28 heavy (non-hydrogen) atoms. The Morgan fingerprint density at radius 2 is 1.46 bits per heavy atom. The van der Waals surface area contributed by atoms with Crippen LogP contribution in [0.2, 0.25) is 5.15 Å². The van der Waals surface area contributed by atoms with Crippen LogP contribution >= 0.6 is 11.6 Å². The molecule has 0 amide bonds. The standard InChI is InChI=1S/C17H10ClF4N3O2S/c18-15-13(9-3-7-12(8-4-9)25-28(26)27)14(10-1-5-11(19)6-2-10)23-16(24-15)17(20,21)22/h1-8,28H,(H,25,26,27). The summed E-state index contributed by atoms with van der Waals surface area (Å²) in [5.74, 6) is -1.99. The fraction of sp³-hybridized carbons (Fsp3) is 0.0588. The van der Waals surface area contributed by atoms with Crippen LogP contribution in [0.25, 0.3) is 22.4 Å². The van der Waals surface area contributed by atoms with Crippen molar-refractivity contribution in [2.24, 2.45) is 0 Å². The highest BCUT2D eigenvalue weighted by molar-refractivity contribution is 7.73. The number of halogens is 5. The molecule has 0 saturated carbocycles. The highest BCUT2D eigenvalue weighted by Crippen LogP contribution is 2.38. The highest BCUT2D eigenvalue weighted by atomic mass is 35.5. The van der Waals surface area contributed by atoms with E-state index in [2.05, 4.69) is 14.7 Å². The first kappa shape index (κ1) is 20.0. The molecule has 0 aliphatic heterocycles. The number of hydrogen-bond donors (Lipinski definition) is 2. The Balaban J connectivity index is 2.20. The second-order valence-electron chi connectivity index (χ2n) is 5.51. The average molecular weight is 432 g/mol. The molecular weight excluding hydrogens is 422 g/mol. The molecule has 0 atom stereocenters. The minimum absolute atomic E-state index is 0.0966. The molecule has 3 rings (SSSR count). The van der Waals surface area contributed by atoms with E-state index in [1.807, 2.05) is 0 Å². The van der Waals surface area contributed by atoms with Crippen molar-refractivity contribution in [3.8, 4) is 22.4 Å². The predicted octanol–water partition coefficient (Wildman–Crippen LogP) is 4.56. The minimum Gasteiger partial charge on any atom is -0.286 e. The molecule has 0 fully saturated rings. The Morgan fingerprint density at radius 3 is 2.00 bits per heavy atom. The van der Waals surface area contributed by atoms with E-state index in [9.17, 15) is 26.0 Å². The van der Waals surface area contributed by atoms with Gasteiger partial charge in [0, 0.05) is 16.8 Å². The Morgan fingerprint density at radius 1 is 0.893 bits per heavy atom. The van der Waals surface area contributed by atoms with Gasteiger partial charge in [-0.2, -0.15) is 13.2 Å². The minimum atomic E-state index is -4.83. The highest BCUT2D eigenvalue weighted by Gasteiger charge is 2.36. The van der Waals surface area contributed by atoms with E-state index in [1.165, 1.54) is 36.4 Å². The molecule has 0 saturated heterocycles. The van der Waals surface area contributed by atoms with Crippen LogP contribution in [0.4, 0.5) is 23.2 Å². The molecule has 5 nitrogen and oxygen atoms in total. The molecule has 0 aliphatic rings. The topological polar surface area (TPSA) is 72.0 Å². The van der Waals surface area contributed by atoms with Crippen LogP contribution in [0.5, 0.6) is 0 Å². The summed E-state index contributed by atoms with van der Waals surface area (Å²) in [5, 5.41) is -0.447. The lowest BCUT2D eigenvalue weighted by molar-refractivity contribution is -0.144. The Kier molecular flexibility index (Phi) is 5.52.